The molecule has 0 unspecified atom stereocenters. The predicted octanol–water partition coefficient (Wildman–Crippen LogP) is 3.37. The van der Waals surface area contributed by atoms with Gasteiger partial charge in [-0.1, -0.05) is 39.8 Å². The van der Waals surface area contributed by atoms with Crippen LogP contribution in [0.25, 0.3) is 0 Å². The Bertz CT molecular complexity index is 330. The Balaban J connectivity index is 3.04. The Morgan fingerprint density at radius 2 is 1.69 bits per heavy atom. The molecule has 0 atom stereocenters. The van der Waals surface area contributed by atoms with E-state index < -0.39 is 0 Å². The average Bonchev–Trinajstić information content (AvgIpc) is 2.19. The van der Waals surface area contributed by atoms with E-state index in [-0.39, 0.29) is 0 Å². The molecule has 3 N–H and O–H groups in total. The molecule has 0 aliphatic carbocycles. The maximum Gasteiger partial charge on any atom is 0.0519 e. The van der Waals surface area contributed by atoms with Gasteiger partial charge in [-0.3, -0.25) is 5.84 Å². The van der Waals surface area contributed by atoms with Crippen LogP contribution in [0, 0.1) is 11.8 Å². The molecule has 90 valence electrons. The highest BCUT2D eigenvalue weighted by Crippen LogP contribution is 2.24. The summed E-state index contributed by atoms with van der Waals surface area (Å²) in [6.07, 6.45) is 2.21. The van der Waals surface area contributed by atoms with Crippen LogP contribution in [0.15, 0.2) is 18.2 Å². The molecule has 0 heterocycles. The van der Waals surface area contributed by atoms with Crippen molar-refractivity contribution in [1.82, 2.24) is 0 Å². The van der Waals surface area contributed by atoms with Gasteiger partial charge in [0.25, 0.3) is 0 Å². The normalized spacial score (nSPS) is 11.2. The first kappa shape index (κ1) is 13.0. The first-order valence-corrected chi connectivity index (χ1v) is 6.12. The molecular weight excluding hydrogens is 196 g/mol. The van der Waals surface area contributed by atoms with Gasteiger partial charge in [0.2, 0.25) is 0 Å². The van der Waals surface area contributed by atoms with E-state index in [0.717, 1.165) is 18.5 Å². The Morgan fingerprint density at radius 3 is 2.19 bits per heavy atom. The number of anilines is 1. The molecule has 0 amide bonds. The zero-order valence-corrected chi connectivity index (χ0v) is 10.9. The van der Waals surface area contributed by atoms with Crippen molar-refractivity contribution in [1.29, 1.82) is 0 Å². The molecule has 1 aromatic rings. The third-order valence-electron chi connectivity index (χ3n) is 2.67. The van der Waals surface area contributed by atoms with E-state index >= 15 is 0 Å². The molecule has 1 aromatic carbocycles. The van der Waals surface area contributed by atoms with Gasteiger partial charge < -0.3 is 5.43 Å². The number of nitrogens with two attached hydrogens (primary N) is 1. The lowest BCUT2D eigenvalue weighted by molar-refractivity contribution is 0.616. The molecule has 0 aromatic heterocycles. The van der Waals surface area contributed by atoms with Crippen molar-refractivity contribution in [3.8, 4) is 0 Å². The van der Waals surface area contributed by atoms with Crippen LogP contribution in [-0.2, 0) is 12.8 Å². The van der Waals surface area contributed by atoms with Crippen LogP contribution in [0.1, 0.15) is 38.8 Å². The van der Waals surface area contributed by atoms with Crippen molar-refractivity contribution < 1.29 is 0 Å². The minimum atomic E-state index is 0.653. The van der Waals surface area contributed by atoms with Gasteiger partial charge >= 0.3 is 0 Å². The van der Waals surface area contributed by atoms with Gasteiger partial charge in [-0.15, -0.1) is 0 Å². The van der Waals surface area contributed by atoms with Gasteiger partial charge in [0.15, 0.2) is 0 Å². The standard InChI is InChI=1S/C14H24N2/c1-10(2)8-12-6-5-7-14(16-15)13(12)9-11(3)4/h5-7,10-11,16H,8-9,15H2,1-4H3. The molecule has 0 radical (unpaired) electrons. The maximum atomic E-state index is 5.58. The lowest BCUT2D eigenvalue weighted by atomic mass is 9.91. The number of nitrogen functional groups attached to an aromatic ring is 1. The summed E-state index contributed by atoms with van der Waals surface area (Å²) in [5.41, 5.74) is 6.70. The number of benzene rings is 1. The summed E-state index contributed by atoms with van der Waals surface area (Å²) in [7, 11) is 0. The Morgan fingerprint density at radius 1 is 1.06 bits per heavy atom. The topological polar surface area (TPSA) is 38.0 Å². The van der Waals surface area contributed by atoms with E-state index in [0.29, 0.717) is 11.8 Å². The summed E-state index contributed by atoms with van der Waals surface area (Å²) in [6.45, 7) is 8.99. The van der Waals surface area contributed by atoms with Crippen molar-refractivity contribution >= 4 is 5.69 Å². The van der Waals surface area contributed by atoms with Crippen LogP contribution in [0.4, 0.5) is 5.69 Å². The van der Waals surface area contributed by atoms with Crippen LogP contribution in [-0.4, -0.2) is 0 Å². The van der Waals surface area contributed by atoms with Crippen molar-refractivity contribution in [2.75, 3.05) is 5.43 Å². The van der Waals surface area contributed by atoms with E-state index in [4.69, 9.17) is 5.84 Å². The van der Waals surface area contributed by atoms with E-state index in [1.165, 1.54) is 11.1 Å². The lowest BCUT2D eigenvalue weighted by Gasteiger charge is -2.17. The van der Waals surface area contributed by atoms with Gasteiger partial charge in [0, 0.05) is 0 Å². The SMILES string of the molecule is CC(C)Cc1cccc(NN)c1CC(C)C. The summed E-state index contributed by atoms with van der Waals surface area (Å²) >= 11 is 0. The zero-order valence-electron chi connectivity index (χ0n) is 10.9. The highest BCUT2D eigenvalue weighted by atomic mass is 15.2. The molecule has 0 saturated heterocycles. The molecule has 1 rings (SSSR count). The molecule has 2 nitrogen and oxygen atoms in total. The van der Waals surface area contributed by atoms with E-state index in [9.17, 15) is 0 Å². The van der Waals surface area contributed by atoms with E-state index in [1.54, 1.807) is 0 Å². The quantitative estimate of drug-likeness (QED) is 0.590. The largest absolute Gasteiger partial charge is 0.324 e. The van der Waals surface area contributed by atoms with Crippen molar-refractivity contribution in [2.24, 2.45) is 17.7 Å². The fourth-order valence-electron chi connectivity index (χ4n) is 2.05. The monoisotopic (exact) mass is 220 g/mol. The number of nitrogens with one attached hydrogen (secondary N) is 1. The Hall–Kier alpha value is -1.02. The Kier molecular flexibility index (Phi) is 4.81. The first-order valence-electron chi connectivity index (χ1n) is 6.12. The van der Waals surface area contributed by atoms with Crippen LogP contribution < -0.4 is 11.3 Å². The van der Waals surface area contributed by atoms with Gasteiger partial charge in [0.05, 0.1) is 5.69 Å². The van der Waals surface area contributed by atoms with Crippen molar-refractivity contribution in [3.63, 3.8) is 0 Å². The third kappa shape index (κ3) is 3.53. The Labute approximate surface area is 99.2 Å². The summed E-state index contributed by atoms with van der Waals surface area (Å²) in [5, 5.41) is 0. The molecule has 0 aliphatic rings. The zero-order chi connectivity index (χ0) is 12.1. The average molecular weight is 220 g/mol. The number of hydrogen-bond acceptors (Lipinski definition) is 2. The second-order valence-corrected chi connectivity index (χ2v) is 5.28. The highest BCUT2D eigenvalue weighted by molar-refractivity contribution is 5.54. The minimum absolute atomic E-state index is 0.653. The second-order valence-electron chi connectivity index (χ2n) is 5.28. The van der Waals surface area contributed by atoms with Gasteiger partial charge in [-0.2, -0.15) is 0 Å². The fourth-order valence-corrected chi connectivity index (χ4v) is 2.05. The third-order valence-corrected chi connectivity index (χ3v) is 2.67. The molecule has 0 aliphatic heterocycles. The molecule has 0 spiro atoms. The smallest absolute Gasteiger partial charge is 0.0519 e. The number of hydrogen-bond donors (Lipinski definition) is 2. The van der Waals surface area contributed by atoms with Gasteiger partial charge in [0.1, 0.15) is 0 Å². The molecule has 0 fully saturated rings. The van der Waals surface area contributed by atoms with E-state index in [1.807, 2.05) is 0 Å². The molecule has 2 heteroatoms. The van der Waals surface area contributed by atoms with Crippen LogP contribution >= 0.6 is 0 Å². The summed E-state index contributed by atoms with van der Waals surface area (Å²) in [5.74, 6) is 6.91. The van der Waals surface area contributed by atoms with E-state index in [2.05, 4.69) is 51.3 Å². The first-order chi connectivity index (χ1) is 7.54. The van der Waals surface area contributed by atoms with Crippen LogP contribution in [0.2, 0.25) is 0 Å². The van der Waals surface area contributed by atoms with Crippen molar-refractivity contribution in [3.05, 3.63) is 29.3 Å². The summed E-state index contributed by atoms with van der Waals surface area (Å²) < 4.78 is 0. The molecule has 0 saturated carbocycles. The van der Waals surface area contributed by atoms with Crippen molar-refractivity contribution in [2.45, 2.75) is 40.5 Å². The molecule has 0 bridgehead atoms. The predicted molar refractivity (Wildman–Crippen MR) is 71.3 cm³/mol. The fraction of sp³-hybridized carbons (Fsp3) is 0.571. The van der Waals surface area contributed by atoms with Crippen LogP contribution in [0.5, 0.6) is 0 Å². The van der Waals surface area contributed by atoms with Gasteiger partial charge in [-0.25, -0.2) is 0 Å². The van der Waals surface area contributed by atoms with Gasteiger partial charge in [-0.05, 0) is 41.9 Å². The lowest BCUT2D eigenvalue weighted by Crippen LogP contribution is -2.12. The number of rotatable bonds is 5. The summed E-state index contributed by atoms with van der Waals surface area (Å²) in [6, 6.07) is 6.36. The highest BCUT2D eigenvalue weighted by Gasteiger charge is 2.10. The molecule has 16 heavy (non-hydrogen) atoms. The molecular formula is C14H24N2. The minimum Gasteiger partial charge on any atom is -0.324 e. The summed E-state index contributed by atoms with van der Waals surface area (Å²) in [4.78, 5) is 0. The second kappa shape index (κ2) is 5.90. The van der Waals surface area contributed by atoms with Crippen LogP contribution in [0.3, 0.4) is 0 Å². The number of hydrazine groups is 1. The maximum absolute atomic E-state index is 5.58.